The van der Waals surface area contributed by atoms with E-state index in [1.807, 2.05) is 13.1 Å². The van der Waals surface area contributed by atoms with Crippen molar-refractivity contribution in [1.82, 2.24) is 4.98 Å². The molecule has 2 heterocycles. The molecule has 2 rings (SSSR count). The molecule has 1 aromatic heterocycles. The zero-order valence-corrected chi connectivity index (χ0v) is 15.7. The average Bonchev–Trinajstić information content (AvgIpc) is 2.52. The van der Waals surface area contributed by atoms with Gasteiger partial charge in [-0.15, -0.1) is 0 Å². The van der Waals surface area contributed by atoms with Gasteiger partial charge in [0.2, 0.25) is 0 Å². The Morgan fingerprint density at radius 1 is 1.50 bits per heavy atom. The molecule has 2 atom stereocenters. The Bertz CT molecular complexity index is 588. The van der Waals surface area contributed by atoms with Crippen LogP contribution in [-0.2, 0) is 9.47 Å². The van der Waals surface area contributed by atoms with Gasteiger partial charge >= 0.3 is 0 Å². The maximum absolute atomic E-state index is 11.1. The van der Waals surface area contributed by atoms with Crippen molar-refractivity contribution in [2.24, 2.45) is 0 Å². The predicted molar refractivity (Wildman–Crippen MR) is 92.1 cm³/mol. The van der Waals surface area contributed by atoms with Crippen LogP contribution in [0.1, 0.15) is 45.0 Å². The van der Waals surface area contributed by atoms with Gasteiger partial charge in [-0.3, -0.25) is 15.1 Å². The van der Waals surface area contributed by atoms with Crippen molar-refractivity contribution in [2.75, 3.05) is 6.61 Å². The first-order valence-corrected chi connectivity index (χ1v) is 11.1. The number of nitro groups is 1. The molecule has 0 saturated carbocycles. The van der Waals surface area contributed by atoms with Crippen LogP contribution in [0.2, 0.25) is 18.1 Å². The molecule has 7 nitrogen and oxygen atoms in total. The highest BCUT2D eigenvalue weighted by atomic mass is 28.4. The summed E-state index contributed by atoms with van der Waals surface area (Å²) >= 11 is 0. The second-order valence-corrected chi connectivity index (χ2v) is 11.9. The number of aromatic nitrogens is 1. The van der Waals surface area contributed by atoms with Crippen LogP contribution in [-0.4, -0.2) is 35.7 Å². The minimum atomic E-state index is -2.26. The SMILES string of the molecule is CC(C)(CC[C@H]1CCO[C@@H](c2ccncc2[N+](=O)[O-])O1)[Si](C)(C)O. The highest BCUT2D eigenvalue weighted by Crippen LogP contribution is 2.42. The molecule has 24 heavy (non-hydrogen) atoms. The molecular formula is C16H26N2O5Si. The molecule has 0 aromatic carbocycles. The van der Waals surface area contributed by atoms with Crippen LogP contribution in [0, 0.1) is 10.1 Å². The number of hydrogen-bond donors (Lipinski definition) is 1. The summed E-state index contributed by atoms with van der Waals surface area (Å²) in [6.45, 7) is 8.56. The van der Waals surface area contributed by atoms with Gasteiger partial charge in [0, 0.05) is 6.20 Å². The molecule has 8 heteroatoms. The van der Waals surface area contributed by atoms with Crippen molar-refractivity contribution in [2.45, 2.75) is 63.6 Å². The van der Waals surface area contributed by atoms with Crippen molar-refractivity contribution in [3.63, 3.8) is 0 Å². The van der Waals surface area contributed by atoms with Gasteiger partial charge in [0.15, 0.2) is 14.6 Å². The van der Waals surface area contributed by atoms with Gasteiger partial charge in [0.25, 0.3) is 5.69 Å². The molecule has 0 aliphatic carbocycles. The summed E-state index contributed by atoms with van der Waals surface area (Å²) in [6, 6.07) is 1.57. The number of pyridine rings is 1. The lowest BCUT2D eigenvalue weighted by Gasteiger charge is -2.37. The third kappa shape index (κ3) is 4.38. The van der Waals surface area contributed by atoms with E-state index in [1.165, 1.54) is 12.4 Å². The molecule has 1 fully saturated rings. The molecule has 0 radical (unpaired) electrons. The Morgan fingerprint density at radius 2 is 2.21 bits per heavy atom. The minimum absolute atomic E-state index is 0.0351. The molecule has 0 amide bonds. The Hall–Kier alpha value is -1.35. The second kappa shape index (κ2) is 7.26. The molecule has 1 N–H and O–H groups in total. The fourth-order valence-corrected chi connectivity index (χ4v) is 3.30. The quantitative estimate of drug-likeness (QED) is 0.477. The maximum Gasteiger partial charge on any atom is 0.295 e. The van der Waals surface area contributed by atoms with Crippen molar-refractivity contribution in [3.05, 3.63) is 34.1 Å². The van der Waals surface area contributed by atoms with Gasteiger partial charge in [-0.05, 0) is 43.5 Å². The van der Waals surface area contributed by atoms with Gasteiger partial charge < -0.3 is 14.3 Å². The normalized spacial score (nSPS) is 22.4. The molecule has 0 bridgehead atoms. The van der Waals surface area contributed by atoms with Gasteiger partial charge in [-0.1, -0.05) is 13.8 Å². The number of ether oxygens (including phenoxy) is 2. The molecule has 0 unspecified atom stereocenters. The Kier molecular flexibility index (Phi) is 5.74. The van der Waals surface area contributed by atoms with E-state index in [-0.39, 0.29) is 16.8 Å². The molecule has 1 aliphatic rings. The topological polar surface area (TPSA) is 94.7 Å². The van der Waals surface area contributed by atoms with Crippen LogP contribution in [0.25, 0.3) is 0 Å². The number of rotatable bonds is 6. The average molecular weight is 354 g/mol. The van der Waals surface area contributed by atoms with E-state index in [4.69, 9.17) is 9.47 Å². The zero-order valence-electron chi connectivity index (χ0n) is 14.7. The van der Waals surface area contributed by atoms with Crippen LogP contribution in [0.15, 0.2) is 18.5 Å². The first-order chi connectivity index (χ1) is 11.1. The van der Waals surface area contributed by atoms with Crippen molar-refractivity contribution in [3.8, 4) is 0 Å². The van der Waals surface area contributed by atoms with Crippen molar-refractivity contribution in [1.29, 1.82) is 0 Å². The van der Waals surface area contributed by atoms with Crippen LogP contribution in [0.5, 0.6) is 0 Å². The highest BCUT2D eigenvalue weighted by molar-refractivity contribution is 6.72. The summed E-state index contributed by atoms with van der Waals surface area (Å²) < 4.78 is 11.5. The summed E-state index contributed by atoms with van der Waals surface area (Å²) in [6.07, 6.45) is 4.33. The third-order valence-electron chi connectivity index (χ3n) is 5.06. The van der Waals surface area contributed by atoms with Crippen LogP contribution >= 0.6 is 0 Å². The van der Waals surface area contributed by atoms with Gasteiger partial charge in [0.1, 0.15) is 6.20 Å². The zero-order chi connectivity index (χ0) is 18.0. The molecule has 134 valence electrons. The lowest BCUT2D eigenvalue weighted by Crippen LogP contribution is -2.40. The van der Waals surface area contributed by atoms with E-state index < -0.39 is 19.5 Å². The van der Waals surface area contributed by atoms with Gasteiger partial charge in [0.05, 0.1) is 23.2 Å². The van der Waals surface area contributed by atoms with E-state index in [9.17, 15) is 14.9 Å². The third-order valence-corrected chi connectivity index (χ3v) is 8.62. The van der Waals surface area contributed by atoms with Gasteiger partial charge in [-0.2, -0.15) is 0 Å². The summed E-state index contributed by atoms with van der Waals surface area (Å²) in [5.41, 5.74) is 0.309. The summed E-state index contributed by atoms with van der Waals surface area (Å²) in [4.78, 5) is 24.9. The van der Waals surface area contributed by atoms with Crippen molar-refractivity contribution < 1.29 is 19.2 Å². The Balaban J connectivity index is 2.04. The highest BCUT2D eigenvalue weighted by Gasteiger charge is 2.39. The predicted octanol–water partition coefficient (Wildman–Crippen LogP) is 3.55. The van der Waals surface area contributed by atoms with E-state index in [0.29, 0.717) is 12.2 Å². The van der Waals surface area contributed by atoms with Crippen LogP contribution < -0.4 is 0 Å². The summed E-state index contributed by atoms with van der Waals surface area (Å²) in [7, 11) is -2.26. The van der Waals surface area contributed by atoms with Crippen LogP contribution in [0.4, 0.5) is 5.69 Å². The Labute approximate surface area is 143 Å². The minimum Gasteiger partial charge on any atom is -0.432 e. The van der Waals surface area contributed by atoms with Gasteiger partial charge in [-0.25, -0.2) is 0 Å². The standard InChI is InChI=1S/C16H26N2O5Si/c1-16(2,24(3,4)21)8-5-12-7-10-22-15(23-12)13-6-9-17-11-14(13)18(19)20/h6,9,11-12,15,21H,5,7-8,10H2,1-4H3/t12-,15+/m0/s1. The maximum atomic E-state index is 11.1. The van der Waals surface area contributed by atoms with Crippen molar-refractivity contribution >= 4 is 14.0 Å². The first-order valence-electron chi connectivity index (χ1n) is 8.19. The van der Waals surface area contributed by atoms with E-state index in [2.05, 4.69) is 18.8 Å². The first kappa shape index (κ1) is 19.0. The molecule has 0 spiro atoms. The fraction of sp³-hybridized carbons (Fsp3) is 0.688. The molecule has 1 aromatic rings. The summed E-state index contributed by atoms with van der Waals surface area (Å²) in [5, 5.41) is 11.0. The number of nitrogens with zero attached hydrogens (tertiary/aromatic N) is 2. The lowest BCUT2D eigenvalue weighted by atomic mass is 10.0. The molecular weight excluding hydrogens is 328 g/mol. The van der Waals surface area contributed by atoms with E-state index >= 15 is 0 Å². The second-order valence-electron chi connectivity index (χ2n) is 7.42. The smallest absolute Gasteiger partial charge is 0.295 e. The van der Waals surface area contributed by atoms with E-state index in [1.54, 1.807) is 6.07 Å². The molecule has 1 aliphatic heterocycles. The summed E-state index contributed by atoms with van der Waals surface area (Å²) in [5.74, 6) is 0. The van der Waals surface area contributed by atoms with Crippen LogP contribution in [0.3, 0.4) is 0 Å². The Morgan fingerprint density at radius 3 is 2.83 bits per heavy atom. The van der Waals surface area contributed by atoms with E-state index in [0.717, 1.165) is 19.3 Å². The monoisotopic (exact) mass is 354 g/mol. The lowest BCUT2D eigenvalue weighted by molar-refractivity contribution is -0.388. The fourth-order valence-electron chi connectivity index (χ4n) is 2.54. The largest absolute Gasteiger partial charge is 0.432 e. The number of hydrogen-bond acceptors (Lipinski definition) is 6. The molecule has 1 saturated heterocycles.